The molecule has 0 unspecified atom stereocenters. The van der Waals surface area contributed by atoms with E-state index in [0.29, 0.717) is 12.2 Å². The lowest BCUT2D eigenvalue weighted by molar-refractivity contribution is 0.0167. The molecular weight excluding hydrogens is 330 g/mol. The minimum absolute atomic E-state index is 0.531. The van der Waals surface area contributed by atoms with Crippen LogP contribution in [0.1, 0.15) is 32.1 Å². The van der Waals surface area contributed by atoms with E-state index < -0.39 is 5.60 Å². The summed E-state index contributed by atoms with van der Waals surface area (Å²) in [5.41, 5.74) is 7.82. The Morgan fingerprint density at radius 1 is 1.29 bits per heavy atom. The lowest BCUT2D eigenvalue weighted by Crippen LogP contribution is -2.38. The molecule has 1 fully saturated rings. The predicted octanol–water partition coefficient (Wildman–Crippen LogP) is 3.69. The molecule has 1 heterocycles. The number of rotatable bonds is 3. The van der Waals surface area contributed by atoms with E-state index in [4.69, 9.17) is 5.73 Å². The first-order valence-corrected chi connectivity index (χ1v) is 8.17. The van der Waals surface area contributed by atoms with Crippen LogP contribution in [0.4, 0.5) is 11.4 Å². The summed E-state index contributed by atoms with van der Waals surface area (Å²) < 4.78 is 0.988. The van der Waals surface area contributed by atoms with E-state index in [1.54, 1.807) is 6.20 Å². The van der Waals surface area contributed by atoms with Crippen molar-refractivity contribution >= 4 is 38.2 Å². The Kier molecular flexibility index (Phi) is 4.04. The summed E-state index contributed by atoms with van der Waals surface area (Å²) in [5.74, 6) is 0. The zero-order chi connectivity index (χ0) is 14.9. The highest BCUT2D eigenvalue weighted by Crippen LogP contribution is 2.33. The number of nitrogen functional groups attached to an aromatic ring is 1. The van der Waals surface area contributed by atoms with Gasteiger partial charge in [0.25, 0.3) is 0 Å². The van der Waals surface area contributed by atoms with E-state index in [9.17, 15) is 5.11 Å². The van der Waals surface area contributed by atoms with Gasteiger partial charge in [0.05, 0.1) is 28.7 Å². The highest BCUT2D eigenvalue weighted by molar-refractivity contribution is 9.10. The van der Waals surface area contributed by atoms with Crippen LogP contribution in [0, 0.1) is 0 Å². The standard InChI is InChI=1S/C16H20BrN3O/c17-11-4-5-14-12(8-11)15(13(18)9-19-14)20-10-16(21)6-2-1-3-7-16/h4-5,8-9,21H,1-3,6-7,10,18H2,(H,19,20). The third-order valence-electron chi connectivity index (χ3n) is 4.24. The molecule has 1 saturated carbocycles. The van der Waals surface area contributed by atoms with Crippen molar-refractivity contribution in [1.29, 1.82) is 0 Å². The minimum Gasteiger partial charge on any atom is -0.396 e. The Bertz CT molecular complexity index is 648. The lowest BCUT2D eigenvalue weighted by Gasteiger charge is -2.32. The number of hydrogen-bond donors (Lipinski definition) is 3. The Morgan fingerprint density at radius 3 is 2.81 bits per heavy atom. The van der Waals surface area contributed by atoms with Crippen molar-refractivity contribution in [3.05, 3.63) is 28.9 Å². The van der Waals surface area contributed by atoms with E-state index in [1.807, 2.05) is 18.2 Å². The van der Waals surface area contributed by atoms with Crippen LogP contribution in [0.3, 0.4) is 0 Å². The Labute approximate surface area is 132 Å². The van der Waals surface area contributed by atoms with E-state index in [1.165, 1.54) is 6.42 Å². The SMILES string of the molecule is Nc1cnc2ccc(Br)cc2c1NCC1(O)CCCCC1. The number of benzene rings is 1. The summed E-state index contributed by atoms with van der Waals surface area (Å²) in [5, 5.41) is 15.0. The number of fused-ring (bicyclic) bond motifs is 1. The number of hydrogen-bond acceptors (Lipinski definition) is 4. The molecule has 112 valence electrons. The van der Waals surface area contributed by atoms with E-state index >= 15 is 0 Å². The van der Waals surface area contributed by atoms with Crippen LogP contribution >= 0.6 is 15.9 Å². The molecule has 3 rings (SSSR count). The molecule has 0 spiro atoms. The molecule has 5 heteroatoms. The number of pyridine rings is 1. The summed E-state index contributed by atoms with van der Waals surface area (Å²) in [6.45, 7) is 0.531. The van der Waals surface area contributed by atoms with Crippen LogP contribution in [-0.4, -0.2) is 22.2 Å². The summed E-state index contributed by atoms with van der Waals surface area (Å²) >= 11 is 3.48. The van der Waals surface area contributed by atoms with E-state index in [-0.39, 0.29) is 0 Å². The van der Waals surface area contributed by atoms with Crippen LogP contribution < -0.4 is 11.1 Å². The lowest BCUT2D eigenvalue weighted by atomic mass is 9.85. The van der Waals surface area contributed by atoms with Crippen LogP contribution in [0.2, 0.25) is 0 Å². The molecule has 0 atom stereocenters. The number of anilines is 2. The number of nitrogens with zero attached hydrogens (tertiary/aromatic N) is 1. The van der Waals surface area contributed by atoms with Crippen molar-refractivity contribution in [2.24, 2.45) is 0 Å². The monoisotopic (exact) mass is 349 g/mol. The van der Waals surface area contributed by atoms with Crippen molar-refractivity contribution in [1.82, 2.24) is 4.98 Å². The van der Waals surface area contributed by atoms with Crippen molar-refractivity contribution in [3.63, 3.8) is 0 Å². The molecule has 0 amide bonds. The molecule has 4 nitrogen and oxygen atoms in total. The maximum atomic E-state index is 10.6. The number of aliphatic hydroxyl groups is 1. The number of aromatic nitrogens is 1. The van der Waals surface area contributed by atoms with Crippen LogP contribution in [-0.2, 0) is 0 Å². The van der Waals surface area contributed by atoms with Gasteiger partial charge in [-0.3, -0.25) is 4.98 Å². The second kappa shape index (κ2) is 5.81. The molecule has 0 saturated heterocycles. The largest absolute Gasteiger partial charge is 0.396 e. The number of nitrogens with two attached hydrogens (primary N) is 1. The van der Waals surface area contributed by atoms with Gasteiger partial charge in [0.15, 0.2) is 0 Å². The van der Waals surface area contributed by atoms with Gasteiger partial charge in [-0.05, 0) is 31.0 Å². The summed E-state index contributed by atoms with van der Waals surface area (Å²) in [6, 6.07) is 5.93. The Hall–Kier alpha value is -1.33. The second-order valence-corrected chi connectivity index (χ2v) is 6.80. The summed E-state index contributed by atoms with van der Waals surface area (Å²) in [6.07, 6.45) is 6.78. The van der Waals surface area contributed by atoms with Gasteiger partial charge in [-0.25, -0.2) is 0 Å². The first-order valence-electron chi connectivity index (χ1n) is 7.37. The Morgan fingerprint density at radius 2 is 2.05 bits per heavy atom. The molecular formula is C16H20BrN3O. The van der Waals surface area contributed by atoms with Gasteiger partial charge in [0.1, 0.15) is 0 Å². The first kappa shape index (κ1) is 14.6. The zero-order valence-electron chi connectivity index (χ0n) is 11.9. The molecule has 4 N–H and O–H groups in total. The van der Waals surface area contributed by atoms with Gasteiger partial charge in [-0.2, -0.15) is 0 Å². The zero-order valence-corrected chi connectivity index (χ0v) is 13.5. The van der Waals surface area contributed by atoms with Crippen molar-refractivity contribution in [3.8, 4) is 0 Å². The normalized spacial score (nSPS) is 17.8. The fraction of sp³-hybridized carbons (Fsp3) is 0.438. The predicted molar refractivity (Wildman–Crippen MR) is 90.4 cm³/mol. The first-order chi connectivity index (χ1) is 10.1. The van der Waals surface area contributed by atoms with Gasteiger partial charge in [-0.1, -0.05) is 35.2 Å². The van der Waals surface area contributed by atoms with Gasteiger partial charge in [0.2, 0.25) is 0 Å². The van der Waals surface area contributed by atoms with Gasteiger partial charge in [-0.15, -0.1) is 0 Å². The number of halogens is 1. The van der Waals surface area contributed by atoms with Crippen molar-refractivity contribution in [2.75, 3.05) is 17.6 Å². The molecule has 21 heavy (non-hydrogen) atoms. The van der Waals surface area contributed by atoms with E-state index in [2.05, 4.69) is 26.2 Å². The molecule has 1 aromatic carbocycles. The van der Waals surface area contributed by atoms with Gasteiger partial charge in [0, 0.05) is 16.4 Å². The van der Waals surface area contributed by atoms with Crippen LogP contribution in [0.25, 0.3) is 10.9 Å². The van der Waals surface area contributed by atoms with Crippen molar-refractivity contribution in [2.45, 2.75) is 37.7 Å². The summed E-state index contributed by atoms with van der Waals surface area (Å²) in [4.78, 5) is 4.35. The average Bonchev–Trinajstić information content (AvgIpc) is 2.47. The third-order valence-corrected chi connectivity index (χ3v) is 4.73. The summed E-state index contributed by atoms with van der Waals surface area (Å²) in [7, 11) is 0. The quantitative estimate of drug-likeness (QED) is 0.790. The molecule has 1 aromatic heterocycles. The maximum Gasteiger partial charge on any atom is 0.0819 e. The fourth-order valence-electron chi connectivity index (χ4n) is 3.02. The van der Waals surface area contributed by atoms with Crippen molar-refractivity contribution < 1.29 is 5.11 Å². The molecule has 2 aromatic rings. The smallest absolute Gasteiger partial charge is 0.0819 e. The minimum atomic E-state index is -0.619. The Balaban J connectivity index is 1.89. The molecule has 1 aliphatic carbocycles. The van der Waals surface area contributed by atoms with Crippen LogP contribution in [0.15, 0.2) is 28.9 Å². The number of nitrogens with one attached hydrogen (secondary N) is 1. The topological polar surface area (TPSA) is 71.2 Å². The average molecular weight is 350 g/mol. The molecule has 0 aliphatic heterocycles. The second-order valence-electron chi connectivity index (χ2n) is 5.89. The molecule has 1 aliphatic rings. The molecule has 0 radical (unpaired) electrons. The third kappa shape index (κ3) is 3.14. The van der Waals surface area contributed by atoms with E-state index in [0.717, 1.165) is 46.7 Å². The fourth-order valence-corrected chi connectivity index (χ4v) is 3.38. The highest BCUT2D eigenvalue weighted by Gasteiger charge is 2.29. The van der Waals surface area contributed by atoms with Gasteiger partial charge >= 0.3 is 0 Å². The van der Waals surface area contributed by atoms with Gasteiger partial charge < -0.3 is 16.2 Å². The molecule has 0 bridgehead atoms. The highest BCUT2D eigenvalue weighted by atomic mass is 79.9. The van der Waals surface area contributed by atoms with Crippen LogP contribution in [0.5, 0.6) is 0 Å². The maximum absolute atomic E-state index is 10.6.